The van der Waals surface area contributed by atoms with Crippen LogP contribution in [0.1, 0.15) is 24.8 Å². The molecular weight excluding hydrogens is 385 g/mol. The maximum absolute atomic E-state index is 12.7. The Morgan fingerprint density at radius 3 is 2.24 bits per heavy atom. The van der Waals surface area contributed by atoms with Gasteiger partial charge in [0.1, 0.15) is 0 Å². The first-order chi connectivity index (χ1) is 11.4. The molecule has 1 aliphatic heterocycles. The monoisotopic (exact) mass is 402 g/mol. The molecule has 0 radical (unpaired) electrons. The van der Waals surface area contributed by atoms with E-state index in [1.54, 1.807) is 0 Å². The third-order valence-electron chi connectivity index (χ3n) is 3.79. The molecule has 1 aromatic rings. The highest BCUT2D eigenvalue weighted by molar-refractivity contribution is 7.89. The standard InChI is InChI=1S/C13H17F3N2O5S2/c14-13(15,16)10-4-6-12(7-5-10)24(19,20)18-8-2-1-3-11(18)9-23-25(17,21)22/h4-7,11H,1-3,8-9H2,(H2,17,21,22). The van der Waals surface area contributed by atoms with Gasteiger partial charge in [-0.25, -0.2) is 13.6 Å². The Morgan fingerprint density at radius 2 is 1.72 bits per heavy atom. The van der Waals surface area contributed by atoms with E-state index < -0.39 is 44.7 Å². The summed E-state index contributed by atoms with van der Waals surface area (Å²) in [7, 11) is -8.32. The molecule has 1 aromatic carbocycles. The van der Waals surface area contributed by atoms with Gasteiger partial charge in [0.15, 0.2) is 0 Å². The third kappa shape index (κ3) is 5.14. The van der Waals surface area contributed by atoms with Crippen LogP contribution in [0.4, 0.5) is 13.2 Å². The van der Waals surface area contributed by atoms with Crippen molar-refractivity contribution in [3.05, 3.63) is 29.8 Å². The highest BCUT2D eigenvalue weighted by Crippen LogP contribution is 2.31. The largest absolute Gasteiger partial charge is 0.416 e. The van der Waals surface area contributed by atoms with Crippen LogP contribution in [-0.4, -0.2) is 40.3 Å². The van der Waals surface area contributed by atoms with Gasteiger partial charge in [0.05, 0.1) is 23.1 Å². The van der Waals surface area contributed by atoms with Crippen LogP contribution < -0.4 is 5.14 Å². The SMILES string of the molecule is NS(=O)(=O)OCC1CCCCN1S(=O)(=O)c1ccc(C(F)(F)F)cc1. The summed E-state index contributed by atoms with van der Waals surface area (Å²) in [5, 5.41) is 4.75. The van der Waals surface area contributed by atoms with Gasteiger partial charge >= 0.3 is 16.5 Å². The molecule has 0 saturated carbocycles. The van der Waals surface area contributed by atoms with Crippen LogP contribution in [0.15, 0.2) is 29.2 Å². The van der Waals surface area contributed by atoms with E-state index in [0.717, 1.165) is 16.4 Å². The molecule has 25 heavy (non-hydrogen) atoms. The van der Waals surface area contributed by atoms with Crippen molar-refractivity contribution < 1.29 is 34.2 Å². The normalized spacial score (nSPS) is 20.6. The molecule has 1 fully saturated rings. The Balaban J connectivity index is 2.26. The highest BCUT2D eigenvalue weighted by Gasteiger charge is 2.35. The number of hydrogen-bond donors (Lipinski definition) is 1. The van der Waals surface area contributed by atoms with Crippen LogP contribution in [0.25, 0.3) is 0 Å². The molecule has 0 aromatic heterocycles. The maximum Gasteiger partial charge on any atom is 0.416 e. The van der Waals surface area contributed by atoms with Crippen molar-refractivity contribution in [1.82, 2.24) is 4.31 Å². The zero-order valence-electron chi connectivity index (χ0n) is 12.9. The van der Waals surface area contributed by atoms with Crippen LogP contribution in [0.3, 0.4) is 0 Å². The second-order valence-electron chi connectivity index (χ2n) is 5.56. The summed E-state index contributed by atoms with van der Waals surface area (Å²) in [5.41, 5.74) is -0.959. The first-order valence-electron chi connectivity index (χ1n) is 7.27. The average molecular weight is 402 g/mol. The molecule has 1 aliphatic rings. The first kappa shape index (κ1) is 20.1. The molecule has 1 unspecified atom stereocenters. The number of benzene rings is 1. The van der Waals surface area contributed by atoms with Crippen LogP contribution in [0.5, 0.6) is 0 Å². The third-order valence-corrected chi connectivity index (χ3v) is 6.22. The van der Waals surface area contributed by atoms with Crippen LogP contribution in [0, 0.1) is 0 Å². The van der Waals surface area contributed by atoms with Gasteiger partial charge in [-0.1, -0.05) is 6.42 Å². The number of rotatable bonds is 5. The average Bonchev–Trinajstić information content (AvgIpc) is 2.52. The van der Waals surface area contributed by atoms with Crippen LogP contribution in [0.2, 0.25) is 0 Å². The molecule has 142 valence electrons. The predicted octanol–water partition coefficient (Wildman–Crippen LogP) is 1.47. The van der Waals surface area contributed by atoms with Gasteiger partial charge in [0.2, 0.25) is 10.0 Å². The second kappa shape index (κ2) is 7.19. The number of piperidine rings is 1. The number of sulfonamides is 1. The summed E-state index contributed by atoms with van der Waals surface area (Å²) in [6.45, 7) is -0.333. The van der Waals surface area contributed by atoms with Crippen molar-refractivity contribution in [2.24, 2.45) is 5.14 Å². The molecule has 2 N–H and O–H groups in total. The minimum absolute atomic E-state index is 0.113. The van der Waals surface area contributed by atoms with Crippen molar-refractivity contribution in [2.45, 2.75) is 36.4 Å². The molecule has 0 bridgehead atoms. The van der Waals surface area contributed by atoms with Crippen molar-refractivity contribution >= 4 is 20.3 Å². The summed E-state index contributed by atoms with van der Waals surface area (Å²) in [4.78, 5) is -0.303. The molecule has 7 nitrogen and oxygen atoms in total. The van der Waals surface area contributed by atoms with Crippen LogP contribution >= 0.6 is 0 Å². The van der Waals surface area contributed by atoms with Gasteiger partial charge in [0.25, 0.3) is 0 Å². The number of nitrogens with two attached hydrogens (primary N) is 1. The van der Waals surface area contributed by atoms with E-state index in [-0.39, 0.29) is 11.4 Å². The van der Waals surface area contributed by atoms with Gasteiger partial charge in [0, 0.05) is 6.54 Å². The number of alkyl halides is 3. The van der Waals surface area contributed by atoms with Crippen molar-refractivity contribution in [1.29, 1.82) is 0 Å². The minimum atomic E-state index is -4.57. The lowest BCUT2D eigenvalue weighted by atomic mass is 10.1. The van der Waals surface area contributed by atoms with E-state index in [1.807, 2.05) is 0 Å². The second-order valence-corrected chi connectivity index (χ2v) is 8.68. The van der Waals surface area contributed by atoms with E-state index in [1.165, 1.54) is 0 Å². The van der Waals surface area contributed by atoms with E-state index in [0.29, 0.717) is 31.4 Å². The molecule has 0 spiro atoms. The van der Waals surface area contributed by atoms with Crippen LogP contribution in [-0.2, 0) is 30.7 Å². The Labute approximate surface area is 143 Å². The Hall–Kier alpha value is -1.21. The predicted molar refractivity (Wildman–Crippen MR) is 82.0 cm³/mol. The van der Waals surface area contributed by atoms with E-state index >= 15 is 0 Å². The van der Waals surface area contributed by atoms with E-state index in [9.17, 15) is 30.0 Å². The molecule has 0 aliphatic carbocycles. The highest BCUT2D eigenvalue weighted by atomic mass is 32.2. The zero-order chi connectivity index (χ0) is 18.9. The fourth-order valence-corrected chi connectivity index (χ4v) is 4.61. The number of hydrogen-bond acceptors (Lipinski definition) is 5. The molecule has 12 heteroatoms. The lowest BCUT2D eigenvalue weighted by molar-refractivity contribution is -0.137. The van der Waals surface area contributed by atoms with E-state index in [4.69, 9.17) is 5.14 Å². The Bertz CT molecular complexity index is 807. The fraction of sp³-hybridized carbons (Fsp3) is 0.538. The summed E-state index contributed by atoms with van der Waals surface area (Å²) in [6.07, 6.45) is -3.00. The molecular formula is C13H17F3N2O5S2. The lowest BCUT2D eigenvalue weighted by Crippen LogP contribution is -2.46. The van der Waals surface area contributed by atoms with Crippen molar-refractivity contribution in [2.75, 3.05) is 13.2 Å². The number of halogens is 3. The Morgan fingerprint density at radius 1 is 1.12 bits per heavy atom. The quantitative estimate of drug-likeness (QED) is 0.803. The minimum Gasteiger partial charge on any atom is -0.257 e. The molecule has 1 saturated heterocycles. The smallest absolute Gasteiger partial charge is 0.257 e. The summed E-state index contributed by atoms with van der Waals surface area (Å²) < 4.78 is 90.5. The fourth-order valence-electron chi connectivity index (χ4n) is 2.58. The molecule has 1 heterocycles. The van der Waals surface area contributed by atoms with Gasteiger partial charge in [-0.3, -0.25) is 4.18 Å². The summed E-state index contributed by atoms with van der Waals surface area (Å²) in [5.74, 6) is 0. The van der Waals surface area contributed by atoms with Gasteiger partial charge in [-0.15, -0.1) is 0 Å². The number of nitrogens with zero attached hydrogens (tertiary/aromatic N) is 1. The maximum atomic E-state index is 12.7. The topological polar surface area (TPSA) is 107 Å². The molecule has 1 atom stereocenters. The Kier molecular flexibility index (Phi) is 5.78. The van der Waals surface area contributed by atoms with Gasteiger partial charge in [-0.2, -0.15) is 25.9 Å². The first-order valence-corrected chi connectivity index (χ1v) is 10.2. The van der Waals surface area contributed by atoms with E-state index in [2.05, 4.69) is 4.18 Å². The molecule has 0 amide bonds. The summed E-state index contributed by atoms with van der Waals surface area (Å²) >= 11 is 0. The van der Waals surface area contributed by atoms with Crippen molar-refractivity contribution in [3.63, 3.8) is 0 Å². The van der Waals surface area contributed by atoms with Gasteiger partial charge < -0.3 is 0 Å². The van der Waals surface area contributed by atoms with Crippen molar-refractivity contribution in [3.8, 4) is 0 Å². The zero-order valence-corrected chi connectivity index (χ0v) is 14.6. The van der Waals surface area contributed by atoms with Gasteiger partial charge in [-0.05, 0) is 37.1 Å². The summed E-state index contributed by atoms with van der Waals surface area (Å²) in [6, 6.07) is 2.37. The lowest BCUT2D eigenvalue weighted by Gasteiger charge is -2.34. The molecule has 2 rings (SSSR count).